The minimum absolute atomic E-state index is 0.220. The lowest BCUT2D eigenvalue weighted by molar-refractivity contribution is -0.118. The minimum atomic E-state index is -0.438. The molecule has 2 aromatic carbocycles. The Kier molecular flexibility index (Phi) is 6.29. The van der Waals surface area contributed by atoms with Gasteiger partial charge in [0, 0.05) is 23.2 Å². The zero-order chi connectivity index (χ0) is 20.8. The smallest absolute Gasteiger partial charge is 0.338 e. The molecule has 0 aliphatic carbocycles. The van der Waals surface area contributed by atoms with Crippen molar-refractivity contribution in [3.8, 4) is 5.75 Å². The lowest BCUT2D eigenvalue weighted by Gasteiger charge is -2.09. The Labute approximate surface area is 167 Å². The zero-order valence-corrected chi connectivity index (χ0v) is 16.2. The molecule has 0 unspecified atom stereocenters. The first-order chi connectivity index (χ1) is 14.0. The van der Waals surface area contributed by atoms with Crippen molar-refractivity contribution in [1.29, 1.82) is 0 Å². The standard InChI is InChI=1S/C22H21NO6/c1-3-10-27-22(26)15-4-6-16(7-5-15)23-20(24)13-28-17-8-9-18-14(2)11-21(25)29-19(18)12-17/h4-9,11-12H,3,10,13H2,1-2H3,(H,23,24). The van der Waals surface area contributed by atoms with Crippen LogP contribution >= 0.6 is 0 Å². The molecule has 0 aliphatic heterocycles. The van der Waals surface area contributed by atoms with Crippen LogP contribution in [0.5, 0.6) is 5.75 Å². The number of ether oxygens (including phenoxy) is 2. The van der Waals surface area contributed by atoms with Crippen LogP contribution in [0.25, 0.3) is 11.0 Å². The topological polar surface area (TPSA) is 94.8 Å². The van der Waals surface area contributed by atoms with Gasteiger partial charge in [0.1, 0.15) is 11.3 Å². The van der Waals surface area contributed by atoms with Crippen LogP contribution in [0.1, 0.15) is 29.3 Å². The number of amides is 1. The molecule has 0 saturated heterocycles. The number of fused-ring (bicyclic) bond motifs is 1. The summed E-state index contributed by atoms with van der Waals surface area (Å²) in [6, 6.07) is 12.9. The average molecular weight is 395 g/mol. The van der Waals surface area contributed by atoms with Gasteiger partial charge in [-0.2, -0.15) is 0 Å². The molecule has 7 nitrogen and oxygen atoms in total. The summed E-state index contributed by atoms with van der Waals surface area (Å²) in [6.07, 6.45) is 0.753. The summed E-state index contributed by atoms with van der Waals surface area (Å²) in [5.74, 6) is -0.348. The number of carbonyl (C=O) groups is 2. The highest BCUT2D eigenvalue weighted by atomic mass is 16.5. The second-order valence-electron chi connectivity index (χ2n) is 6.46. The molecule has 0 bridgehead atoms. The number of carbonyl (C=O) groups excluding carboxylic acids is 2. The molecule has 1 N–H and O–H groups in total. The van der Waals surface area contributed by atoms with Gasteiger partial charge in [-0.1, -0.05) is 6.92 Å². The van der Waals surface area contributed by atoms with E-state index in [0.29, 0.717) is 29.2 Å². The number of hydrogen-bond donors (Lipinski definition) is 1. The quantitative estimate of drug-likeness (QED) is 0.484. The van der Waals surface area contributed by atoms with E-state index in [2.05, 4.69) is 5.32 Å². The van der Waals surface area contributed by atoms with E-state index in [-0.39, 0.29) is 12.5 Å². The summed E-state index contributed by atoms with van der Waals surface area (Å²) in [4.78, 5) is 35.4. The summed E-state index contributed by atoms with van der Waals surface area (Å²) in [5.41, 5.74) is 1.72. The SMILES string of the molecule is CCCOC(=O)c1ccc(NC(=O)COc2ccc3c(C)cc(=O)oc3c2)cc1. The third kappa shape index (κ3) is 5.22. The molecule has 150 valence electrons. The molecule has 7 heteroatoms. The van der Waals surface area contributed by atoms with Crippen LogP contribution in [-0.4, -0.2) is 25.1 Å². The van der Waals surface area contributed by atoms with E-state index in [1.807, 2.05) is 13.8 Å². The van der Waals surface area contributed by atoms with Crippen molar-refractivity contribution < 1.29 is 23.5 Å². The summed E-state index contributed by atoms with van der Waals surface area (Å²) in [6.45, 7) is 3.89. The van der Waals surface area contributed by atoms with Crippen LogP contribution in [0, 0.1) is 6.92 Å². The van der Waals surface area contributed by atoms with Crippen molar-refractivity contribution in [1.82, 2.24) is 0 Å². The minimum Gasteiger partial charge on any atom is -0.484 e. The Morgan fingerprint density at radius 1 is 1.07 bits per heavy atom. The molecule has 3 aromatic rings. The highest BCUT2D eigenvalue weighted by Crippen LogP contribution is 2.22. The largest absolute Gasteiger partial charge is 0.484 e. The summed E-state index contributed by atoms with van der Waals surface area (Å²) in [5, 5.41) is 3.49. The van der Waals surface area contributed by atoms with Crippen molar-refractivity contribution in [2.75, 3.05) is 18.5 Å². The summed E-state index contributed by atoms with van der Waals surface area (Å²) in [7, 11) is 0. The van der Waals surface area contributed by atoms with Gasteiger partial charge in [0.05, 0.1) is 12.2 Å². The van der Waals surface area contributed by atoms with Crippen molar-refractivity contribution in [2.24, 2.45) is 0 Å². The fourth-order valence-electron chi connectivity index (χ4n) is 2.71. The molecule has 29 heavy (non-hydrogen) atoms. The van der Waals surface area contributed by atoms with E-state index in [0.717, 1.165) is 17.4 Å². The van der Waals surface area contributed by atoms with Crippen molar-refractivity contribution >= 4 is 28.5 Å². The summed E-state index contributed by atoms with van der Waals surface area (Å²) < 4.78 is 15.7. The van der Waals surface area contributed by atoms with Crippen molar-refractivity contribution in [3.63, 3.8) is 0 Å². The highest BCUT2D eigenvalue weighted by Gasteiger charge is 2.09. The van der Waals surface area contributed by atoms with Gasteiger partial charge in [0.2, 0.25) is 0 Å². The van der Waals surface area contributed by atoms with E-state index in [1.54, 1.807) is 42.5 Å². The molecule has 1 aromatic heterocycles. The second kappa shape index (κ2) is 9.05. The van der Waals surface area contributed by atoms with E-state index >= 15 is 0 Å². The lowest BCUT2D eigenvalue weighted by Crippen LogP contribution is -2.20. The second-order valence-corrected chi connectivity index (χ2v) is 6.46. The van der Waals surface area contributed by atoms with Gasteiger partial charge in [-0.25, -0.2) is 9.59 Å². The highest BCUT2D eigenvalue weighted by molar-refractivity contribution is 5.93. The fourth-order valence-corrected chi connectivity index (χ4v) is 2.71. The van der Waals surface area contributed by atoms with Gasteiger partial charge in [-0.15, -0.1) is 0 Å². The third-order valence-corrected chi connectivity index (χ3v) is 4.13. The Bertz CT molecular complexity index is 1080. The molecule has 0 atom stereocenters. The number of anilines is 1. The first-order valence-corrected chi connectivity index (χ1v) is 9.20. The maximum absolute atomic E-state index is 12.1. The Morgan fingerprint density at radius 3 is 2.55 bits per heavy atom. The number of aryl methyl sites for hydroxylation is 1. The van der Waals surface area contributed by atoms with Crippen molar-refractivity contribution in [3.05, 3.63) is 70.1 Å². The number of nitrogens with one attached hydrogen (secondary N) is 1. The Hall–Kier alpha value is -3.61. The van der Waals surface area contributed by atoms with Crippen LogP contribution in [0.15, 0.2) is 57.7 Å². The predicted octanol–water partition coefficient (Wildman–Crippen LogP) is 3.69. The van der Waals surface area contributed by atoms with Crippen molar-refractivity contribution in [2.45, 2.75) is 20.3 Å². The average Bonchev–Trinajstić information content (AvgIpc) is 2.70. The van der Waals surface area contributed by atoms with Gasteiger partial charge in [0.15, 0.2) is 6.61 Å². The number of esters is 1. The molecular weight excluding hydrogens is 374 g/mol. The van der Waals surface area contributed by atoms with E-state index in [9.17, 15) is 14.4 Å². The molecule has 0 fully saturated rings. The van der Waals surface area contributed by atoms with Gasteiger partial charge in [-0.3, -0.25) is 4.79 Å². The predicted molar refractivity (Wildman–Crippen MR) is 108 cm³/mol. The molecule has 0 spiro atoms. The monoisotopic (exact) mass is 395 g/mol. The maximum atomic E-state index is 12.1. The van der Waals surface area contributed by atoms with Gasteiger partial charge >= 0.3 is 11.6 Å². The number of rotatable bonds is 7. The summed E-state index contributed by atoms with van der Waals surface area (Å²) >= 11 is 0. The van der Waals surface area contributed by atoms with Crippen LogP contribution in [0.4, 0.5) is 5.69 Å². The molecular formula is C22H21NO6. The number of hydrogen-bond acceptors (Lipinski definition) is 6. The van der Waals surface area contributed by atoms with Crippen LogP contribution in [0.3, 0.4) is 0 Å². The van der Waals surface area contributed by atoms with Gasteiger partial charge in [0.25, 0.3) is 5.91 Å². The first kappa shape index (κ1) is 20.1. The molecule has 1 amide bonds. The van der Waals surface area contributed by atoms with Crippen LogP contribution in [-0.2, 0) is 9.53 Å². The van der Waals surface area contributed by atoms with E-state index < -0.39 is 11.6 Å². The van der Waals surface area contributed by atoms with Gasteiger partial charge in [-0.05, 0) is 55.3 Å². The lowest BCUT2D eigenvalue weighted by atomic mass is 10.1. The first-order valence-electron chi connectivity index (χ1n) is 9.20. The molecule has 1 heterocycles. The molecule has 3 rings (SSSR count). The van der Waals surface area contributed by atoms with Gasteiger partial charge < -0.3 is 19.2 Å². The molecule has 0 radical (unpaired) electrons. The van der Waals surface area contributed by atoms with E-state index in [4.69, 9.17) is 13.9 Å². The van der Waals surface area contributed by atoms with E-state index in [1.165, 1.54) is 6.07 Å². The van der Waals surface area contributed by atoms with Crippen LogP contribution in [0.2, 0.25) is 0 Å². The number of benzene rings is 2. The molecule has 0 saturated carbocycles. The Balaban J connectivity index is 1.58. The maximum Gasteiger partial charge on any atom is 0.338 e. The molecule has 0 aliphatic rings. The third-order valence-electron chi connectivity index (χ3n) is 4.13. The fraction of sp³-hybridized carbons (Fsp3) is 0.227. The van der Waals surface area contributed by atoms with Crippen LogP contribution < -0.4 is 15.7 Å². The Morgan fingerprint density at radius 2 is 1.83 bits per heavy atom. The zero-order valence-electron chi connectivity index (χ0n) is 16.2. The normalized spacial score (nSPS) is 10.6.